The van der Waals surface area contributed by atoms with Gasteiger partial charge >= 0.3 is 0 Å². The molecule has 25 heavy (non-hydrogen) atoms. The number of likely N-dealkylation sites (tertiary alicyclic amines) is 1. The lowest BCUT2D eigenvalue weighted by molar-refractivity contribution is -0.129. The Labute approximate surface area is 154 Å². The van der Waals surface area contributed by atoms with Crippen molar-refractivity contribution < 1.29 is 4.79 Å². The number of guanidine groups is 1. The van der Waals surface area contributed by atoms with Crippen LogP contribution in [-0.4, -0.2) is 73.0 Å². The smallest absolute Gasteiger partial charge is 0.222 e. The highest BCUT2D eigenvalue weighted by Gasteiger charge is 2.26. The standard InChI is InChI=1S/C19H39N5O/c1-7-17(24-13-8-9-18(24)25)10-11-21-19(20-6)22-12-14-23(15(2)3)16(4)5/h15-17H,7-14H2,1-6H3,(H2,20,21,22). The van der Waals surface area contributed by atoms with E-state index in [0.717, 1.165) is 57.8 Å². The lowest BCUT2D eigenvalue weighted by atomic mass is 10.1. The number of hydrogen-bond acceptors (Lipinski definition) is 3. The average Bonchev–Trinajstić information content (AvgIpc) is 2.98. The second kappa shape index (κ2) is 11.3. The number of amides is 1. The summed E-state index contributed by atoms with van der Waals surface area (Å²) in [5.74, 6) is 1.16. The molecule has 0 spiro atoms. The maximum Gasteiger partial charge on any atom is 0.222 e. The Hall–Kier alpha value is -1.30. The zero-order valence-corrected chi connectivity index (χ0v) is 17.1. The van der Waals surface area contributed by atoms with Crippen LogP contribution in [-0.2, 0) is 4.79 Å². The zero-order valence-electron chi connectivity index (χ0n) is 17.1. The summed E-state index contributed by atoms with van der Waals surface area (Å²) in [6.45, 7) is 14.7. The van der Waals surface area contributed by atoms with Crippen LogP contribution in [0.25, 0.3) is 0 Å². The van der Waals surface area contributed by atoms with Crippen molar-refractivity contribution in [2.24, 2.45) is 4.99 Å². The first-order chi connectivity index (χ1) is 11.9. The number of carbonyl (C=O) groups is 1. The van der Waals surface area contributed by atoms with E-state index in [9.17, 15) is 4.79 Å². The highest BCUT2D eigenvalue weighted by Crippen LogP contribution is 2.17. The van der Waals surface area contributed by atoms with Crippen molar-refractivity contribution in [1.29, 1.82) is 0 Å². The van der Waals surface area contributed by atoms with E-state index in [1.165, 1.54) is 0 Å². The van der Waals surface area contributed by atoms with E-state index < -0.39 is 0 Å². The molecule has 2 N–H and O–H groups in total. The van der Waals surface area contributed by atoms with E-state index in [0.29, 0.717) is 24.0 Å². The third-order valence-electron chi connectivity index (χ3n) is 5.00. The van der Waals surface area contributed by atoms with Gasteiger partial charge in [0, 0.05) is 57.8 Å². The minimum absolute atomic E-state index is 0.316. The molecule has 0 aromatic carbocycles. The van der Waals surface area contributed by atoms with Crippen LogP contribution in [0.15, 0.2) is 4.99 Å². The number of nitrogens with one attached hydrogen (secondary N) is 2. The van der Waals surface area contributed by atoms with Crippen LogP contribution in [0.4, 0.5) is 0 Å². The van der Waals surface area contributed by atoms with Crippen LogP contribution in [0.2, 0.25) is 0 Å². The predicted octanol–water partition coefficient (Wildman–Crippen LogP) is 2.06. The van der Waals surface area contributed by atoms with Crippen LogP contribution < -0.4 is 10.6 Å². The van der Waals surface area contributed by atoms with E-state index in [1.807, 2.05) is 0 Å². The largest absolute Gasteiger partial charge is 0.356 e. The fourth-order valence-electron chi connectivity index (χ4n) is 3.63. The molecule has 0 saturated carbocycles. The molecule has 146 valence electrons. The molecule has 1 saturated heterocycles. The monoisotopic (exact) mass is 353 g/mol. The van der Waals surface area contributed by atoms with Gasteiger partial charge in [0.05, 0.1) is 0 Å². The Morgan fingerprint density at radius 1 is 1.20 bits per heavy atom. The van der Waals surface area contributed by atoms with Gasteiger partial charge in [-0.25, -0.2) is 0 Å². The third-order valence-corrected chi connectivity index (χ3v) is 5.00. The predicted molar refractivity (Wildman–Crippen MR) is 106 cm³/mol. The van der Waals surface area contributed by atoms with Crippen LogP contribution in [0, 0.1) is 0 Å². The van der Waals surface area contributed by atoms with Gasteiger partial charge in [-0.3, -0.25) is 14.7 Å². The van der Waals surface area contributed by atoms with E-state index in [1.54, 1.807) is 7.05 Å². The average molecular weight is 354 g/mol. The zero-order chi connectivity index (χ0) is 18.8. The maximum absolute atomic E-state index is 11.9. The summed E-state index contributed by atoms with van der Waals surface area (Å²) < 4.78 is 0. The second-order valence-electron chi connectivity index (χ2n) is 7.39. The van der Waals surface area contributed by atoms with Gasteiger partial charge in [0.1, 0.15) is 0 Å². The number of carbonyl (C=O) groups excluding carboxylic acids is 1. The van der Waals surface area contributed by atoms with Crippen LogP contribution >= 0.6 is 0 Å². The second-order valence-corrected chi connectivity index (χ2v) is 7.39. The van der Waals surface area contributed by atoms with E-state index in [4.69, 9.17) is 0 Å². The maximum atomic E-state index is 11.9. The molecule has 0 aromatic rings. The normalized spacial score (nSPS) is 17.1. The minimum Gasteiger partial charge on any atom is -0.356 e. The molecular weight excluding hydrogens is 314 g/mol. The van der Waals surface area contributed by atoms with E-state index in [-0.39, 0.29) is 0 Å². The van der Waals surface area contributed by atoms with Gasteiger partial charge in [0.25, 0.3) is 0 Å². The van der Waals surface area contributed by atoms with Gasteiger partial charge < -0.3 is 15.5 Å². The summed E-state index contributed by atoms with van der Waals surface area (Å²) in [6.07, 6.45) is 3.70. The molecule has 1 aliphatic rings. The Bertz CT molecular complexity index is 414. The minimum atomic E-state index is 0.316. The van der Waals surface area contributed by atoms with Gasteiger partial charge in [0.2, 0.25) is 5.91 Å². The molecule has 1 aliphatic heterocycles. The molecular formula is C19H39N5O. The fourth-order valence-corrected chi connectivity index (χ4v) is 3.63. The number of aliphatic imine (C=N–C) groups is 1. The number of hydrogen-bond donors (Lipinski definition) is 2. The number of nitrogens with zero attached hydrogens (tertiary/aromatic N) is 3. The molecule has 6 heteroatoms. The molecule has 0 aliphatic carbocycles. The van der Waals surface area contributed by atoms with Crippen LogP contribution in [0.1, 0.15) is 60.3 Å². The fraction of sp³-hybridized carbons (Fsp3) is 0.895. The van der Waals surface area contributed by atoms with Crippen molar-refractivity contribution in [2.75, 3.05) is 33.2 Å². The van der Waals surface area contributed by atoms with Crippen molar-refractivity contribution in [2.45, 2.75) is 78.4 Å². The summed E-state index contributed by atoms with van der Waals surface area (Å²) >= 11 is 0. The molecule has 1 rings (SSSR count). The van der Waals surface area contributed by atoms with Crippen LogP contribution in [0.5, 0.6) is 0 Å². The summed E-state index contributed by atoms with van der Waals surface area (Å²) in [7, 11) is 1.80. The first-order valence-electron chi connectivity index (χ1n) is 9.90. The summed E-state index contributed by atoms with van der Waals surface area (Å²) in [5.41, 5.74) is 0. The summed E-state index contributed by atoms with van der Waals surface area (Å²) in [4.78, 5) is 20.7. The summed E-state index contributed by atoms with van der Waals surface area (Å²) in [5, 5.41) is 6.78. The number of rotatable bonds is 10. The Morgan fingerprint density at radius 2 is 1.84 bits per heavy atom. The van der Waals surface area contributed by atoms with Gasteiger partial charge in [-0.05, 0) is 47.0 Å². The van der Waals surface area contributed by atoms with Crippen LogP contribution in [0.3, 0.4) is 0 Å². The Morgan fingerprint density at radius 3 is 2.32 bits per heavy atom. The highest BCUT2D eigenvalue weighted by molar-refractivity contribution is 5.79. The lowest BCUT2D eigenvalue weighted by Gasteiger charge is -2.30. The molecule has 1 atom stereocenters. The van der Waals surface area contributed by atoms with Crippen molar-refractivity contribution in [1.82, 2.24) is 20.4 Å². The first-order valence-corrected chi connectivity index (χ1v) is 9.90. The molecule has 1 fully saturated rings. The summed E-state index contributed by atoms with van der Waals surface area (Å²) in [6, 6.07) is 1.43. The van der Waals surface area contributed by atoms with Crippen molar-refractivity contribution in [3.05, 3.63) is 0 Å². The van der Waals surface area contributed by atoms with E-state index in [2.05, 4.69) is 60.0 Å². The molecule has 6 nitrogen and oxygen atoms in total. The molecule has 1 heterocycles. The topological polar surface area (TPSA) is 60.0 Å². The first kappa shape index (κ1) is 21.7. The SMILES string of the molecule is CCC(CCNC(=NC)NCCN(C(C)C)C(C)C)N1CCCC1=O. The highest BCUT2D eigenvalue weighted by atomic mass is 16.2. The van der Waals surface area contributed by atoms with Gasteiger partial charge in [-0.1, -0.05) is 6.92 Å². The van der Waals surface area contributed by atoms with Gasteiger partial charge in [0.15, 0.2) is 5.96 Å². The van der Waals surface area contributed by atoms with Crippen molar-refractivity contribution in [3.63, 3.8) is 0 Å². The molecule has 0 aromatic heterocycles. The Kier molecular flexibility index (Phi) is 9.86. The van der Waals surface area contributed by atoms with E-state index >= 15 is 0 Å². The van der Waals surface area contributed by atoms with Gasteiger partial charge in [-0.15, -0.1) is 0 Å². The lowest BCUT2D eigenvalue weighted by Crippen LogP contribution is -2.46. The third kappa shape index (κ3) is 7.22. The molecule has 1 unspecified atom stereocenters. The Balaban J connectivity index is 2.32. The van der Waals surface area contributed by atoms with Gasteiger partial charge in [-0.2, -0.15) is 0 Å². The molecule has 0 bridgehead atoms. The molecule has 1 amide bonds. The quantitative estimate of drug-likeness (QED) is 0.466. The van der Waals surface area contributed by atoms with Crippen molar-refractivity contribution >= 4 is 11.9 Å². The molecule has 0 radical (unpaired) electrons. The van der Waals surface area contributed by atoms with Crippen molar-refractivity contribution in [3.8, 4) is 0 Å².